The third-order valence-corrected chi connectivity index (χ3v) is 4.74. The summed E-state index contributed by atoms with van der Waals surface area (Å²) in [5.74, 6) is -0.656. The Morgan fingerprint density at radius 2 is 2.06 bits per heavy atom. The maximum Gasteiger partial charge on any atom is 0.310 e. The molecule has 0 amide bonds. The molecule has 5 nitrogen and oxygen atoms in total. The van der Waals surface area contributed by atoms with Crippen molar-refractivity contribution in [3.8, 4) is 0 Å². The number of hydrogen-bond donors (Lipinski definition) is 1. The molecule has 1 saturated heterocycles. The molecule has 1 N–H and O–H groups in total. The van der Waals surface area contributed by atoms with Gasteiger partial charge in [0, 0.05) is 0 Å². The Labute approximate surface area is 111 Å². The van der Waals surface area contributed by atoms with Gasteiger partial charge in [0.05, 0.1) is 47.0 Å². The monoisotopic (exact) mass is 277 g/mol. The van der Waals surface area contributed by atoms with Crippen LogP contribution in [0.2, 0.25) is 0 Å². The van der Waals surface area contributed by atoms with Crippen molar-refractivity contribution in [2.45, 2.75) is 44.9 Å². The average Bonchev–Trinajstić information content (AvgIpc) is 2.21. The lowest BCUT2D eigenvalue weighted by Crippen LogP contribution is -2.67. The van der Waals surface area contributed by atoms with Gasteiger partial charge in [-0.05, 0) is 34.6 Å². The van der Waals surface area contributed by atoms with Gasteiger partial charge in [-0.1, -0.05) is 0 Å². The molecule has 6 heteroatoms. The summed E-state index contributed by atoms with van der Waals surface area (Å²) in [7, 11) is -1.23. The molecule has 0 saturated carbocycles. The molecular formula is C12H23NO4S. The van der Waals surface area contributed by atoms with Gasteiger partial charge in [-0.2, -0.15) is 0 Å². The van der Waals surface area contributed by atoms with Crippen molar-refractivity contribution in [3.63, 3.8) is 0 Å². The molecule has 0 aromatic heterocycles. The van der Waals surface area contributed by atoms with Gasteiger partial charge >= 0.3 is 5.97 Å². The first-order valence-electron chi connectivity index (χ1n) is 6.17. The van der Waals surface area contributed by atoms with Crippen LogP contribution in [0.5, 0.6) is 0 Å². The van der Waals surface area contributed by atoms with Gasteiger partial charge in [0.15, 0.2) is 0 Å². The third-order valence-electron chi connectivity index (χ3n) is 3.04. The topological polar surface area (TPSA) is 64.6 Å². The van der Waals surface area contributed by atoms with E-state index in [-0.39, 0.29) is 16.6 Å². The quantitative estimate of drug-likeness (QED) is 0.762. The summed E-state index contributed by atoms with van der Waals surface area (Å²) >= 11 is 0. The van der Waals surface area contributed by atoms with Crippen LogP contribution in [0.4, 0.5) is 0 Å². The Kier molecular flexibility index (Phi) is 4.91. The minimum absolute atomic E-state index is 0.279. The van der Waals surface area contributed by atoms with Gasteiger partial charge in [-0.25, -0.2) is 8.93 Å². The third kappa shape index (κ3) is 3.30. The highest BCUT2D eigenvalue weighted by Crippen LogP contribution is 2.29. The molecule has 18 heavy (non-hydrogen) atoms. The first kappa shape index (κ1) is 15.6. The van der Waals surface area contributed by atoms with Crippen LogP contribution in [0.3, 0.4) is 0 Å². The Hall–Kier alpha value is -0.460. The van der Waals surface area contributed by atoms with E-state index in [4.69, 9.17) is 9.47 Å². The van der Waals surface area contributed by atoms with Crippen LogP contribution < -0.4 is 4.72 Å². The zero-order chi connectivity index (χ0) is 14.0. The van der Waals surface area contributed by atoms with E-state index in [1.54, 1.807) is 13.8 Å². The average molecular weight is 277 g/mol. The van der Waals surface area contributed by atoms with Gasteiger partial charge in [0.1, 0.15) is 0 Å². The molecule has 106 valence electrons. The number of rotatable bonds is 5. The zero-order valence-corrected chi connectivity index (χ0v) is 12.6. The van der Waals surface area contributed by atoms with Crippen LogP contribution in [0.1, 0.15) is 34.6 Å². The highest BCUT2D eigenvalue weighted by atomic mass is 32.2. The van der Waals surface area contributed by atoms with E-state index in [0.29, 0.717) is 19.8 Å². The number of esters is 1. The van der Waals surface area contributed by atoms with Crippen molar-refractivity contribution >= 4 is 17.0 Å². The van der Waals surface area contributed by atoms with Crippen LogP contribution in [0, 0.1) is 5.92 Å². The lowest BCUT2D eigenvalue weighted by molar-refractivity contribution is -0.161. The normalized spacial score (nSPS) is 21.8. The summed E-state index contributed by atoms with van der Waals surface area (Å²) in [4.78, 5) is 11.8. The van der Waals surface area contributed by atoms with Gasteiger partial charge in [0.2, 0.25) is 0 Å². The maximum absolute atomic E-state index is 12.2. The van der Waals surface area contributed by atoms with E-state index < -0.39 is 16.5 Å². The molecule has 0 spiro atoms. The minimum Gasteiger partial charge on any atom is -0.466 e. The highest BCUT2D eigenvalue weighted by molar-refractivity contribution is 7.84. The Bertz CT molecular complexity index is 333. The van der Waals surface area contributed by atoms with Crippen LogP contribution in [-0.2, 0) is 25.3 Å². The predicted molar refractivity (Wildman–Crippen MR) is 70.4 cm³/mol. The minimum atomic E-state index is -1.23. The number of nitrogens with one attached hydrogen (secondary N) is 1. The van der Waals surface area contributed by atoms with Crippen molar-refractivity contribution < 1.29 is 18.5 Å². The first-order chi connectivity index (χ1) is 8.23. The van der Waals surface area contributed by atoms with E-state index in [1.807, 2.05) is 20.8 Å². The van der Waals surface area contributed by atoms with Crippen molar-refractivity contribution in [2.75, 3.05) is 19.8 Å². The number of ether oxygens (including phenoxy) is 2. The highest BCUT2D eigenvalue weighted by Gasteiger charge is 2.49. The molecule has 0 bridgehead atoms. The molecule has 0 aliphatic carbocycles. The molecule has 1 heterocycles. The predicted octanol–water partition coefficient (Wildman–Crippen LogP) is 1.01. The largest absolute Gasteiger partial charge is 0.466 e. The fourth-order valence-electron chi connectivity index (χ4n) is 1.55. The fourth-order valence-corrected chi connectivity index (χ4v) is 2.52. The van der Waals surface area contributed by atoms with Crippen molar-refractivity contribution in [1.82, 2.24) is 4.72 Å². The van der Waals surface area contributed by atoms with Gasteiger partial charge in [-0.15, -0.1) is 0 Å². The van der Waals surface area contributed by atoms with Crippen LogP contribution >= 0.6 is 0 Å². The summed E-state index contributed by atoms with van der Waals surface area (Å²) in [5, 5.41) is 0. The van der Waals surface area contributed by atoms with Crippen molar-refractivity contribution in [1.29, 1.82) is 0 Å². The molecule has 0 aromatic carbocycles. The number of carbonyl (C=O) groups excluding carboxylic acids is 1. The van der Waals surface area contributed by atoms with E-state index in [9.17, 15) is 9.00 Å². The van der Waals surface area contributed by atoms with Crippen LogP contribution in [0.25, 0.3) is 0 Å². The van der Waals surface area contributed by atoms with E-state index in [0.717, 1.165) is 0 Å². The second-order valence-electron chi connectivity index (χ2n) is 5.61. The SMILES string of the molecule is CCOC(=O)[C@@H](C)C1(N[S@@](=O)C(C)(C)C)COC1. The summed E-state index contributed by atoms with van der Waals surface area (Å²) < 4.78 is 25.0. The van der Waals surface area contributed by atoms with Crippen molar-refractivity contribution in [3.05, 3.63) is 0 Å². The standard InChI is InChI=1S/C12H23NO4S/c1-6-17-10(14)9(2)12(7-16-8-12)13-18(15)11(3,4)5/h9,13H,6-8H2,1-5H3/t9-,18+/m1/s1. The molecule has 1 aliphatic rings. The number of hydrogen-bond acceptors (Lipinski definition) is 4. The lowest BCUT2D eigenvalue weighted by Gasteiger charge is -2.45. The Morgan fingerprint density at radius 3 is 2.39 bits per heavy atom. The summed E-state index contributed by atoms with van der Waals surface area (Å²) in [6, 6.07) is 0. The van der Waals surface area contributed by atoms with Gasteiger partial charge < -0.3 is 9.47 Å². The molecular weight excluding hydrogens is 254 g/mol. The fraction of sp³-hybridized carbons (Fsp3) is 0.917. The van der Waals surface area contributed by atoms with Crippen molar-refractivity contribution in [2.24, 2.45) is 5.92 Å². The molecule has 0 unspecified atom stereocenters. The molecule has 0 radical (unpaired) electrons. The molecule has 0 aromatic rings. The second kappa shape index (κ2) is 5.67. The summed E-state index contributed by atoms with van der Waals surface area (Å²) in [6.45, 7) is 10.3. The van der Waals surface area contributed by atoms with E-state index in [1.165, 1.54) is 0 Å². The van der Waals surface area contributed by atoms with E-state index in [2.05, 4.69) is 4.72 Å². The lowest BCUT2D eigenvalue weighted by atomic mass is 9.84. The van der Waals surface area contributed by atoms with Crippen LogP contribution in [-0.4, -0.2) is 40.3 Å². The first-order valence-corrected chi connectivity index (χ1v) is 7.32. The van der Waals surface area contributed by atoms with Crippen LogP contribution in [0.15, 0.2) is 0 Å². The summed E-state index contributed by atoms with van der Waals surface area (Å²) in [5.41, 5.74) is -0.565. The molecule has 1 aliphatic heterocycles. The number of carbonyl (C=O) groups is 1. The molecule has 2 atom stereocenters. The Balaban J connectivity index is 2.74. The Morgan fingerprint density at radius 1 is 1.50 bits per heavy atom. The molecule has 1 fully saturated rings. The zero-order valence-electron chi connectivity index (χ0n) is 11.7. The van der Waals surface area contributed by atoms with Gasteiger partial charge in [0.25, 0.3) is 0 Å². The molecule has 1 rings (SSSR count). The second-order valence-corrected chi connectivity index (χ2v) is 7.57. The summed E-state index contributed by atoms with van der Waals surface area (Å²) in [6.07, 6.45) is 0. The van der Waals surface area contributed by atoms with E-state index >= 15 is 0 Å². The smallest absolute Gasteiger partial charge is 0.310 e. The maximum atomic E-state index is 12.2. The van der Waals surface area contributed by atoms with Gasteiger partial charge in [-0.3, -0.25) is 4.79 Å².